The Morgan fingerprint density at radius 1 is 1.04 bits per heavy atom. The molecule has 0 atom stereocenters. The van der Waals surface area contributed by atoms with Gasteiger partial charge in [0.05, 0.1) is 7.11 Å². The summed E-state index contributed by atoms with van der Waals surface area (Å²) in [6, 6.07) is 16.8. The fourth-order valence-corrected chi connectivity index (χ4v) is 3.50. The Morgan fingerprint density at radius 3 is 2.52 bits per heavy atom. The Balaban J connectivity index is 1.66. The number of benzene rings is 2. The van der Waals surface area contributed by atoms with Crippen LogP contribution in [0, 0.1) is 6.92 Å². The molecule has 4 rings (SSSR count). The van der Waals surface area contributed by atoms with Crippen LogP contribution in [0.4, 0.5) is 17.1 Å². The number of methoxy groups -OCH3 is 1. The quantitative estimate of drug-likeness (QED) is 0.737. The Kier molecular flexibility index (Phi) is 4.18. The van der Waals surface area contributed by atoms with E-state index >= 15 is 0 Å². The van der Waals surface area contributed by atoms with E-state index in [1.165, 1.54) is 31.6 Å². The fraction of sp³-hybridized carbons (Fsp3) is 0.286. The number of pyridine rings is 1. The van der Waals surface area contributed by atoms with E-state index in [9.17, 15) is 0 Å². The second kappa shape index (κ2) is 6.63. The Morgan fingerprint density at radius 2 is 1.80 bits per heavy atom. The summed E-state index contributed by atoms with van der Waals surface area (Å²) in [4.78, 5) is 7.09. The lowest BCUT2D eigenvalue weighted by molar-refractivity contribution is 0.419. The number of hydrogen-bond donors (Lipinski definition) is 1. The summed E-state index contributed by atoms with van der Waals surface area (Å²) in [6.45, 7) is 4.34. The summed E-state index contributed by atoms with van der Waals surface area (Å²) in [5, 5.41) is 4.61. The number of nitrogens with zero attached hydrogens (tertiary/aromatic N) is 2. The number of para-hydroxylation sites is 1. The van der Waals surface area contributed by atoms with Gasteiger partial charge in [-0.3, -0.25) is 0 Å². The summed E-state index contributed by atoms with van der Waals surface area (Å²) in [6.07, 6.45) is 2.59. The monoisotopic (exact) mass is 333 g/mol. The van der Waals surface area contributed by atoms with E-state index in [1.54, 1.807) is 7.11 Å². The van der Waals surface area contributed by atoms with Gasteiger partial charge in [-0.2, -0.15) is 0 Å². The minimum Gasteiger partial charge on any atom is -0.494 e. The molecule has 1 aromatic heterocycles. The van der Waals surface area contributed by atoms with Crippen molar-refractivity contribution in [3.63, 3.8) is 0 Å². The SMILES string of the molecule is COc1cccc2c(Nc3ccc(N4CCCC4)cc3)cc(C)nc12. The van der Waals surface area contributed by atoms with Crippen LogP contribution in [0.2, 0.25) is 0 Å². The zero-order valence-corrected chi connectivity index (χ0v) is 14.7. The molecule has 1 N–H and O–H groups in total. The normalized spacial score (nSPS) is 14.1. The first-order chi connectivity index (χ1) is 12.2. The predicted molar refractivity (Wildman–Crippen MR) is 104 cm³/mol. The van der Waals surface area contributed by atoms with Crippen LogP contribution < -0.4 is 15.0 Å². The highest BCUT2D eigenvalue weighted by molar-refractivity contribution is 5.96. The van der Waals surface area contributed by atoms with E-state index in [4.69, 9.17) is 4.74 Å². The Labute approximate surface area is 148 Å². The zero-order chi connectivity index (χ0) is 17.2. The maximum Gasteiger partial charge on any atom is 0.145 e. The molecule has 128 valence electrons. The van der Waals surface area contributed by atoms with Crippen molar-refractivity contribution in [2.24, 2.45) is 0 Å². The Bertz CT molecular complexity index is 884. The summed E-state index contributed by atoms with van der Waals surface area (Å²) in [5.74, 6) is 0.800. The summed E-state index contributed by atoms with van der Waals surface area (Å²) in [5.41, 5.74) is 5.29. The van der Waals surface area contributed by atoms with Crippen molar-refractivity contribution in [3.8, 4) is 5.75 Å². The third kappa shape index (κ3) is 3.12. The van der Waals surface area contributed by atoms with Gasteiger partial charge in [-0.1, -0.05) is 12.1 Å². The van der Waals surface area contributed by atoms with Gasteiger partial charge in [-0.05, 0) is 56.2 Å². The van der Waals surface area contributed by atoms with Crippen molar-refractivity contribution in [2.45, 2.75) is 19.8 Å². The number of aromatic nitrogens is 1. The largest absolute Gasteiger partial charge is 0.494 e. The van der Waals surface area contributed by atoms with Gasteiger partial charge in [0.15, 0.2) is 0 Å². The van der Waals surface area contributed by atoms with Crippen molar-refractivity contribution >= 4 is 28.0 Å². The molecule has 1 saturated heterocycles. The molecule has 0 unspecified atom stereocenters. The number of aryl methyl sites for hydroxylation is 1. The van der Waals surface area contributed by atoms with Gasteiger partial charge in [0.2, 0.25) is 0 Å². The maximum absolute atomic E-state index is 5.46. The minimum atomic E-state index is 0.800. The molecule has 3 aromatic rings. The smallest absolute Gasteiger partial charge is 0.145 e. The van der Waals surface area contributed by atoms with Crippen LogP contribution in [0.1, 0.15) is 18.5 Å². The van der Waals surface area contributed by atoms with Crippen molar-refractivity contribution in [1.29, 1.82) is 0 Å². The van der Waals surface area contributed by atoms with Crippen LogP contribution in [0.5, 0.6) is 5.75 Å². The number of anilines is 3. The highest BCUT2D eigenvalue weighted by atomic mass is 16.5. The molecule has 1 aliphatic heterocycles. The molecule has 0 bridgehead atoms. The molecule has 25 heavy (non-hydrogen) atoms. The van der Waals surface area contributed by atoms with Crippen LogP contribution in [-0.4, -0.2) is 25.2 Å². The molecule has 2 aromatic carbocycles. The second-order valence-corrected chi connectivity index (χ2v) is 6.53. The fourth-order valence-electron chi connectivity index (χ4n) is 3.50. The van der Waals surface area contributed by atoms with Crippen LogP contribution in [0.15, 0.2) is 48.5 Å². The lowest BCUT2D eigenvalue weighted by atomic mass is 10.1. The summed E-state index contributed by atoms with van der Waals surface area (Å²) >= 11 is 0. The van der Waals surface area contributed by atoms with E-state index < -0.39 is 0 Å². The molecular weight excluding hydrogens is 310 g/mol. The molecule has 4 heteroatoms. The van der Waals surface area contributed by atoms with Gasteiger partial charge in [-0.15, -0.1) is 0 Å². The first-order valence-corrected chi connectivity index (χ1v) is 8.81. The van der Waals surface area contributed by atoms with E-state index in [1.807, 2.05) is 19.1 Å². The first kappa shape index (κ1) is 15.8. The molecule has 0 aliphatic carbocycles. The molecule has 0 radical (unpaired) electrons. The first-order valence-electron chi connectivity index (χ1n) is 8.81. The Hall–Kier alpha value is -2.75. The van der Waals surface area contributed by atoms with Crippen molar-refractivity contribution in [2.75, 3.05) is 30.4 Å². The van der Waals surface area contributed by atoms with E-state index in [2.05, 4.69) is 51.6 Å². The maximum atomic E-state index is 5.46. The van der Waals surface area contributed by atoms with E-state index in [-0.39, 0.29) is 0 Å². The van der Waals surface area contributed by atoms with Crippen molar-refractivity contribution in [3.05, 3.63) is 54.2 Å². The summed E-state index contributed by atoms with van der Waals surface area (Å²) in [7, 11) is 1.68. The second-order valence-electron chi connectivity index (χ2n) is 6.53. The van der Waals surface area contributed by atoms with Crippen LogP contribution in [0.3, 0.4) is 0 Å². The average molecular weight is 333 g/mol. The highest BCUT2D eigenvalue weighted by Crippen LogP contribution is 2.32. The molecule has 2 heterocycles. The number of fused-ring (bicyclic) bond motifs is 1. The lowest BCUT2D eigenvalue weighted by Gasteiger charge is -2.18. The van der Waals surface area contributed by atoms with Gasteiger partial charge < -0.3 is 15.0 Å². The third-order valence-corrected chi connectivity index (χ3v) is 4.77. The standard InChI is InChI=1S/C21H23N3O/c1-15-14-19(18-6-5-7-20(25-2)21(18)22-15)23-16-8-10-17(11-9-16)24-12-3-4-13-24/h5-11,14H,3-4,12-13H2,1-2H3,(H,22,23). The number of hydrogen-bond acceptors (Lipinski definition) is 4. The van der Waals surface area contributed by atoms with Gasteiger partial charge in [0.25, 0.3) is 0 Å². The minimum absolute atomic E-state index is 0.800. The predicted octanol–water partition coefficient (Wildman–Crippen LogP) is 4.90. The lowest BCUT2D eigenvalue weighted by Crippen LogP contribution is -2.17. The number of nitrogens with one attached hydrogen (secondary N) is 1. The molecule has 1 aliphatic rings. The topological polar surface area (TPSA) is 37.4 Å². The molecular formula is C21H23N3O. The molecule has 0 saturated carbocycles. The molecule has 0 amide bonds. The third-order valence-electron chi connectivity index (χ3n) is 4.77. The van der Waals surface area contributed by atoms with Crippen LogP contribution >= 0.6 is 0 Å². The number of ether oxygens (including phenoxy) is 1. The zero-order valence-electron chi connectivity index (χ0n) is 14.7. The van der Waals surface area contributed by atoms with Crippen molar-refractivity contribution < 1.29 is 4.74 Å². The average Bonchev–Trinajstić information content (AvgIpc) is 3.16. The van der Waals surface area contributed by atoms with E-state index in [0.717, 1.165) is 33.7 Å². The summed E-state index contributed by atoms with van der Waals surface area (Å²) < 4.78 is 5.46. The molecule has 0 spiro atoms. The highest BCUT2D eigenvalue weighted by Gasteiger charge is 2.12. The van der Waals surface area contributed by atoms with Crippen molar-refractivity contribution in [1.82, 2.24) is 4.98 Å². The van der Waals surface area contributed by atoms with Gasteiger partial charge >= 0.3 is 0 Å². The van der Waals surface area contributed by atoms with Gasteiger partial charge in [-0.25, -0.2) is 4.98 Å². The van der Waals surface area contributed by atoms with Crippen LogP contribution in [0.25, 0.3) is 10.9 Å². The van der Waals surface area contributed by atoms with Gasteiger partial charge in [0, 0.05) is 41.2 Å². The van der Waals surface area contributed by atoms with Gasteiger partial charge in [0.1, 0.15) is 11.3 Å². The van der Waals surface area contributed by atoms with Crippen LogP contribution in [-0.2, 0) is 0 Å². The number of rotatable bonds is 4. The molecule has 4 nitrogen and oxygen atoms in total. The molecule has 1 fully saturated rings. The van der Waals surface area contributed by atoms with E-state index in [0.29, 0.717) is 0 Å².